The number of carbonyl (C=O) groups is 6. The molecule has 10 N–H and O–H groups in total. The van der Waals surface area contributed by atoms with Crippen LogP contribution < -0.4 is 76.7 Å². The van der Waals surface area contributed by atoms with Crippen molar-refractivity contribution in [1.29, 1.82) is 0 Å². The van der Waals surface area contributed by atoms with Gasteiger partial charge in [-0.1, -0.05) is 24.3 Å². The first kappa shape index (κ1) is 67.2. The number of anilines is 6. The van der Waals surface area contributed by atoms with E-state index >= 15 is 0 Å². The molecule has 90 heavy (non-hydrogen) atoms. The maximum absolute atomic E-state index is 13.5. The smallest absolute Gasteiger partial charge is 0.330 e. The molecule has 0 spiro atoms. The molecule has 0 fully saturated rings. The lowest BCUT2D eigenvalue weighted by Crippen LogP contribution is -2.51. The molecule has 4 aromatic carbocycles. The van der Waals surface area contributed by atoms with Crippen LogP contribution in [0.5, 0.6) is 35.0 Å². The van der Waals surface area contributed by atoms with Gasteiger partial charge in [-0.05, 0) is 125 Å². The largest absolute Gasteiger partial charge is 0.494 e. The van der Waals surface area contributed by atoms with Crippen LogP contribution >= 0.6 is 0 Å². The fourth-order valence-electron chi connectivity index (χ4n) is 8.62. The van der Waals surface area contributed by atoms with Crippen molar-refractivity contribution in [3.8, 4) is 35.0 Å². The van der Waals surface area contributed by atoms with Crippen molar-refractivity contribution in [1.82, 2.24) is 51.2 Å². The normalized spacial score (nSPS) is 14.1. The number of esters is 2. The van der Waals surface area contributed by atoms with Gasteiger partial charge in [-0.15, -0.1) is 0 Å². The van der Waals surface area contributed by atoms with Gasteiger partial charge in [-0.25, -0.2) is 9.59 Å². The SMILES string of the molecule is CCOc1nc2nc(n1)Nc1ccc(C(=O)N[C@@H](CN)C(=O)OC)c(c1)OCCCCCCOc1ccc(cc1)CN2.CCOc1nc2nc(n1)Nc1ccc(C(=O)N[C@@H](CNC(=O)C(=O)NC)C(=O)OC)c(c1)OCCCCCCOc1ccc(cc1)CN2. The first-order valence-corrected chi connectivity index (χ1v) is 29.5. The Bertz CT molecular complexity index is 3340. The third-order valence-corrected chi connectivity index (χ3v) is 13.3. The Kier molecular flexibility index (Phi) is 26.5. The van der Waals surface area contributed by atoms with Crippen molar-refractivity contribution in [2.24, 2.45) is 5.73 Å². The number of hydrogen-bond acceptors (Lipinski definition) is 25. The molecule has 0 saturated carbocycles. The second kappa shape index (κ2) is 35.5. The molecule has 4 aliphatic heterocycles. The van der Waals surface area contributed by atoms with E-state index in [1.165, 1.54) is 20.2 Å². The van der Waals surface area contributed by atoms with Gasteiger partial charge >= 0.3 is 35.8 Å². The highest BCUT2D eigenvalue weighted by Crippen LogP contribution is 2.29. The molecule has 0 radical (unpaired) electrons. The van der Waals surface area contributed by atoms with Gasteiger partial charge < -0.3 is 86.2 Å². The number of ether oxygens (including phenoxy) is 8. The number of benzene rings is 4. The Morgan fingerprint density at radius 3 is 1.34 bits per heavy atom. The molecule has 0 aliphatic carbocycles. The van der Waals surface area contributed by atoms with Crippen LogP contribution in [0.4, 0.5) is 35.2 Å². The van der Waals surface area contributed by atoms with Crippen LogP contribution in [-0.2, 0) is 41.7 Å². The summed E-state index contributed by atoms with van der Waals surface area (Å²) in [5, 5.41) is 22.3. The van der Waals surface area contributed by atoms with Crippen LogP contribution in [0.2, 0.25) is 0 Å². The van der Waals surface area contributed by atoms with Gasteiger partial charge in [0.25, 0.3) is 11.8 Å². The number of nitrogens with zero attached hydrogens (tertiary/aromatic N) is 6. The van der Waals surface area contributed by atoms with E-state index < -0.39 is 47.7 Å². The summed E-state index contributed by atoms with van der Waals surface area (Å²) in [5.74, 6) is -1.32. The van der Waals surface area contributed by atoms with E-state index in [4.69, 9.17) is 43.6 Å². The number of amides is 4. The topological polar surface area (TPSA) is 376 Å². The minimum absolute atomic E-state index is 0.111. The summed E-state index contributed by atoms with van der Waals surface area (Å²) in [5.41, 5.74) is 9.14. The second-order valence-electron chi connectivity index (χ2n) is 19.9. The van der Waals surface area contributed by atoms with Crippen LogP contribution in [0, 0.1) is 0 Å². The molecule has 29 heteroatoms. The van der Waals surface area contributed by atoms with E-state index in [1.807, 2.05) is 62.4 Å². The lowest BCUT2D eigenvalue weighted by Gasteiger charge is -2.19. The molecule has 29 nitrogen and oxygen atoms in total. The summed E-state index contributed by atoms with van der Waals surface area (Å²) in [6.45, 7) is 6.70. The predicted molar refractivity (Wildman–Crippen MR) is 331 cm³/mol. The van der Waals surface area contributed by atoms with Gasteiger partial charge in [0.1, 0.15) is 35.1 Å². The molecule has 0 saturated heterocycles. The Morgan fingerprint density at radius 2 is 0.933 bits per heavy atom. The predicted octanol–water partition coefficient (Wildman–Crippen LogP) is 5.28. The average molecular weight is 1240 g/mol. The van der Waals surface area contributed by atoms with E-state index in [0.717, 1.165) is 74.7 Å². The van der Waals surface area contributed by atoms with Crippen molar-refractivity contribution in [3.63, 3.8) is 0 Å². The Balaban J connectivity index is 0.000000258. The molecule has 0 unspecified atom stereocenters. The highest BCUT2D eigenvalue weighted by Gasteiger charge is 2.27. The monoisotopic (exact) mass is 1240 g/mol. The van der Waals surface area contributed by atoms with E-state index in [9.17, 15) is 28.8 Å². The standard InChI is InChI=1S/C32H40N8O8.C29H37N7O6/c1-4-46-32-39-30-35-18-20-9-12-22(13-10-20)47-15-7-5-6-8-16-48-25-17-21(36-31(38-30)40-32)11-14-23(25)26(41)37-24(29(44)45-3)19-34-28(43)27(42)33-2;1-3-40-29-35-27-31-18-19-8-11-21(12-9-19)41-14-6-4-5-7-15-42-24-16-20(32-28(34-27)36-29)10-13-22(24)25(37)33-23(17-30)26(38)39-2/h9-14,17,24H,4-8,15-16,18-19H2,1-3H3,(H,33,42)(H,34,43)(H,37,41)(H2,35,36,38,39,40);8-13,16,23H,3-7,14-15,17-18,30H2,1-2H3,(H,33,37)(H2,31,32,34,35,36)/t24-;23-/m00/s1. The molecule has 6 aromatic rings. The van der Waals surface area contributed by atoms with E-state index in [2.05, 4.69) is 72.4 Å². The number of carbonyl (C=O) groups excluding carboxylic acids is 6. The zero-order chi connectivity index (χ0) is 64.0. The summed E-state index contributed by atoms with van der Waals surface area (Å²) >= 11 is 0. The van der Waals surface area contributed by atoms with Gasteiger partial charge in [0, 0.05) is 56.7 Å². The van der Waals surface area contributed by atoms with Gasteiger partial charge in [-0.3, -0.25) is 19.2 Å². The number of hydrogen-bond donors (Lipinski definition) is 9. The van der Waals surface area contributed by atoms with E-state index in [0.29, 0.717) is 82.2 Å². The lowest BCUT2D eigenvalue weighted by atomic mass is 10.1. The molecule has 2 aromatic heterocycles. The number of nitrogens with one attached hydrogen (secondary N) is 8. The fourth-order valence-corrected chi connectivity index (χ4v) is 8.62. The number of likely N-dealkylation sites (N-methyl/N-ethyl adjacent to an activating group) is 1. The molecular weight excluding hydrogens is 1170 g/mol. The van der Waals surface area contributed by atoms with Gasteiger partial charge in [-0.2, -0.15) is 29.9 Å². The van der Waals surface area contributed by atoms with Crippen LogP contribution in [0.3, 0.4) is 0 Å². The minimum Gasteiger partial charge on any atom is -0.494 e. The maximum atomic E-state index is 13.5. The Morgan fingerprint density at radius 1 is 0.522 bits per heavy atom. The average Bonchev–Trinajstić information content (AvgIpc) is 1.79. The summed E-state index contributed by atoms with van der Waals surface area (Å²) in [6.07, 6.45) is 6.96. The van der Waals surface area contributed by atoms with Crippen molar-refractivity contribution in [2.45, 2.75) is 90.4 Å². The zero-order valence-corrected chi connectivity index (χ0v) is 50.9. The van der Waals surface area contributed by atoms with E-state index in [-0.39, 0.29) is 59.8 Å². The van der Waals surface area contributed by atoms with Gasteiger partial charge in [0.05, 0.1) is 65.0 Å². The highest BCUT2D eigenvalue weighted by molar-refractivity contribution is 6.35. The van der Waals surface area contributed by atoms with Crippen LogP contribution in [0.15, 0.2) is 84.9 Å². The lowest BCUT2D eigenvalue weighted by molar-refractivity contribution is -0.144. The molecule has 10 rings (SSSR count). The molecule has 4 amide bonds. The highest BCUT2D eigenvalue weighted by atomic mass is 16.5. The van der Waals surface area contributed by atoms with Crippen molar-refractivity contribution >= 4 is 70.7 Å². The summed E-state index contributed by atoms with van der Waals surface area (Å²) in [4.78, 5) is 101. The third kappa shape index (κ3) is 21.2. The van der Waals surface area contributed by atoms with Gasteiger partial charge in [0.15, 0.2) is 0 Å². The quantitative estimate of drug-likeness (QED) is 0.0524. The Hall–Kier alpha value is -10.3. The molecule has 4 aliphatic rings. The zero-order valence-electron chi connectivity index (χ0n) is 50.9. The summed E-state index contributed by atoms with van der Waals surface area (Å²) < 4.78 is 44.5. The maximum Gasteiger partial charge on any atom is 0.330 e. The minimum atomic E-state index is -1.29. The first-order valence-electron chi connectivity index (χ1n) is 29.5. The van der Waals surface area contributed by atoms with Crippen LogP contribution in [-0.4, -0.2) is 152 Å². The Labute approximate surface area is 520 Å². The first-order chi connectivity index (χ1) is 43.8. The molecule has 480 valence electrons. The molecule has 12 bridgehead atoms. The van der Waals surface area contributed by atoms with Crippen molar-refractivity contribution in [3.05, 3.63) is 107 Å². The number of rotatable bonds is 13. The van der Waals surface area contributed by atoms with Gasteiger partial charge in [0.2, 0.25) is 23.8 Å². The number of nitrogens with two attached hydrogens (primary N) is 1. The summed E-state index contributed by atoms with van der Waals surface area (Å²) in [7, 11) is 3.68. The molecule has 2 atom stereocenters. The van der Waals surface area contributed by atoms with Crippen LogP contribution in [0.25, 0.3) is 0 Å². The number of fused-ring (bicyclic) bond motifs is 20. The molecule has 6 heterocycles. The van der Waals surface area contributed by atoms with Crippen molar-refractivity contribution < 1.29 is 66.7 Å². The second-order valence-corrected chi connectivity index (χ2v) is 19.9. The molecular formula is C61H77N15O14. The number of aromatic nitrogens is 6. The van der Waals surface area contributed by atoms with E-state index in [1.54, 1.807) is 30.3 Å². The fraction of sp³-hybridized carbons (Fsp3) is 0.410. The summed E-state index contributed by atoms with van der Waals surface area (Å²) in [6, 6.07) is 23.4. The number of methoxy groups -OCH3 is 2. The third-order valence-electron chi connectivity index (χ3n) is 13.3. The van der Waals surface area contributed by atoms with Crippen LogP contribution in [0.1, 0.15) is 97.1 Å². The van der Waals surface area contributed by atoms with Crippen molar-refractivity contribution in [2.75, 3.05) is 95.3 Å².